The number of hydrogen-bond donors (Lipinski definition) is 1. The number of pyridine rings is 1. The number of anilines is 2. The van der Waals surface area contributed by atoms with Gasteiger partial charge in [-0.15, -0.1) is 0 Å². The number of nitrogens with one attached hydrogen (secondary N) is 1. The number of piperazine rings is 1. The van der Waals surface area contributed by atoms with Gasteiger partial charge in [-0.25, -0.2) is 0 Å². The van der Waals surface area contributed by atoms with Gasteiger partial charge < -0.3 is 15.0 Å². The number of hydrogen-bond acceptors (Lipinski definition) is 5. The molecule has 1 N–H and O–H groups in total. The van der Waals surface area contributed by atoms with Crippen molar-refractivity contribution in [1.82, 2.24) is 9.88 Å². The molecule has 2 aliphatic heterocycles. The van der Waals surface area contributed by atoms with Gasteiger partial charge in [0.25, 0.3) is 0 Å². The van der Waals surface area contributed by atoms with E-state index in [-0.39, 0.29) is 11.5 Å². The number of carbonyl (C=O) groups is 1. The highest BCUT2D eigenvalue weighted by Gasteiger charge is 2.24. The van der Waals surface area contributed by atoms with Crippen molar-refractivity contribution in [3.8, 4) is 5.88 Å². The van der Waals surface area contributed by atoms with Crippen LogP contribution in [0.5, 0.6) is 5.88 Å². The Labute approximate surface area is 199 Å². The van der Waals surface area contributed by atoms with Crippen molar-refractivity contribution in [2.24, 2.45) is 0 Å². The minimum atomic E-state index is -0.337. The lowest BCUT2D eigenvalue weighted by atomic mass is 10.0. The molecule has 0 saturated carbocycles. The normalized spacial score (nSPS) is 17.1. The molecule has 8 heteroatoms. The quantitative estimate of drug-likeness (QED) is 0.606. The van der Waals surface area contributed by atoms with Crippen LogP contribution in [0.2, 0.25) is 10.0 Å². The van der Waals surface area contributed by atoms with E-state index in [9.17, 15) is 4.79 Å². The number of ether oxygens (including phenoxy) is 1. The zero-order valence-corrected chi connectivity index (χ0v) is 20.2. The van der Waals surface area contributed by atoms with Crippen LogP contribution in [-0.4, -0.2) is 54.1 Å². The molecule has 4 rings (SSSR count). The zero-order valence-electron chi connectivity index (χ0n) is 18.7. The molecule has 1 aromatic carbocycles. The maximum absolute atomic E-state index is 11.6. The van der Waals surface area contributed by atoms with Gasteiger partial charge >= 0.3 is 0 Å². The summed E-state index contributed by atoms with van der Waals surface area (Å²) in [5.41, 5.74) is 1.74. The van der Waals surface area contributed by atoms with Gasteiger partial charge in [0.05, 0.1) is 15.7 Å². The molecule has 0 atom stereocenters. The second kappa shape index (κ2) is 9.86. The molecule has 1 saturated heterocycles. The number of halogens is 2. The van der Waals surface area contributed by atoms with Crippen LogP contribution >= 0.6 is 23.2 Å². The summed E-state index contributed by atoms with van der Waals surface area (Å²) in [6.07, 6.45) is 3.19. The third kappa shape index (κ3) is 5.66. The fourth-order valence-electron chi connectivity index (χ4n) is 4.29. The van der Waals surface area contributed by atoms with Gasteiger partial charge in [0, 0.05) is 38.7 Å². The Hall–Kier alpha value is -2.02. The summed E-state index contributed by atoms with van der Waals surface area (Å²) in [6.45, 7) is 9.07. The highest BCUT2D eigenvalue weighted by molar-refractivity contribution is 6.43. The molecule has 0 spiro atoms. The van der Waals surface area contributed by atoms with Crippen LogP contribution in [0, 0.1) is 0 Å². The molecule has 3 heterocycles. The summed E-state index contributed by atoms with van der Waals surface area (Å²) >= 11 is 12.6. The van der Waals surface area contributed by atoms with Crippen LogP contribution < -0.4 is 15.0 Å². The molecule has 0 aliphatic carbocycles. The van der Waals surface area contributed by atoms with E-state index in [1.807, 2.05) is 30.3 Å². The van der Waals surface area contributed by atoms with E-state index in [2.05, 4.69) is 33.9 Å². The average molecular weight is 477 g/mol. The Morgan fingerprint density at radius 3 is 2.66 bits per heavy atom. The number of amides is 1. The van der Waals surface area contributed by atoms with Crippen molar-refractivity contribution < 1.29 is 9.53 Å². The molecule has 6 nitrogen and oxygen atoms in total. The first-order valence-electron chi connectivity index (χ1n) is 11.2. The number of fused-ring (bicyclic) bond motifs is 1. The number of nitrogens with zero attached hydrogens (tertiary/aromatic N) is 3. The Kier molecular flexibility index (Phi) is 7.13. The average Bonchev–Trinajstić information content (AvgIpc) is 2.75. The van der Waals surface area contributed by atoms with E-state index in [1.165, 1.54) is 0 Å². The van der Waals surface area contributed by atoms with Crippen LogP contribution in [0.15, 0.2) is 30.3 Å². The molecule has 32 heavy (non-hydrogen) atoms. The zero-order chi connectivity index (χ0) is 22.7. The SMILES string of the molecule is CC(C)(CCCN1CCN(c2cccc(Cl)c2Cl)CC1)Oc1ccc2c(n1)NC(=O)CC2. The molecule has 172 valence electrons. The first kappa shape index (κ1) is 23.1. The fourth-order valence-corrected chi connectivity index (χ4v) is 4.71. The van der Waals surface area contributed by atoms with Crippen molar-refractivity contribution in [3.05, 3.63) is 45.9 Å². The molecule has 1 amide bonds. The van der Waals surface area contributed by atoms with E-state index in [0.717, 1.165) is 63.2 Å². The molecule has 0 bridgehead atoms. The van der Waals surface area contributed by atoms with Gasteiger partial charge in [-0.1, -0.05) is 29.3 Å². The Morgan fingerprint density at radius 2 is 1.88 bits per heavy atom. The second-order valence-electron chi connectivity index (χ2n) is 9.07. The van der Waals surface area contributed by atoms with Gasteiger partial charge in [0.2, 0.25) is 11.8 Å². The van der Waals surface area contributed by atoms with Gasteiger partial charge in [0.15, 0.2) is 0 Å². The monoisotopic (exact) mass is 476 g/mol. The van der Waals surface area contributed by atoms with Crippen molar-refractivity contribution in [1.29, 1.82) is 0 Å². The lowest BCUT2D eigenvalue weighted by molar-refractivity contribution is -0.116. The number of benzene rings is 1. The molecule has 2 aromatic rings. The summed E-state index contributed by atoms with van der Waals surface area (Å²) < 4.78 is 6.18. The maximum Gasteiger partial charge on any atom is 0.225 e. The van der Waals surface area contributed by atoms with E-state index in [4.69, 9.17) is 27.9 Å². The van der Waals surface area contributed by atoms with Crippen LogP contribution in [0.3, 0.4) is 0 Å². The summed E-state index contributed by atoms with van der Waals surface area (Å²) in [5.74, 6) is 1.20. The summed E-state index contributed by atoms with van der Waals surface area (Å²) in [7, 11) is 0. The number of aromatic nitrogens is 1. The van der Waals surface area contributed by atoms with E-state index in [0.29, 0.717) is 28.2 Å². The minimum absolute atomic E-state index is 0.0131. The Bertz CT molecular complexity index is 974. The number of aryl methyl sites for hydroxylation is 1. The van der Waals surface area contributed by atoms with Crippen molar-refractivity contribution in [3.63, 3.8) is 0 Å². The fraction of sp³-hybridized carbons (Fsp3) is 0.500. The smallest absolute Gasteiger partial charge is 0.225 e. The molecule has 2 aliphatic rings. The predicted octanol–water partition coefficient (Wildman–Crippen LogP) is 5.03. The van der Waals surface area contributed by atoms with Crippen molar-refractivity contribution >= 4 is 40.6 Å². The van der Waals surface area contributed by atoms with Crippen molar-refractivity contribution in [2.45, 2.75) is 45.1 Å². The van der Waals surface area contributed by atoms with Crippen LogP contribution in [0.1, 0.15) is 38.7 Å². The molecule has 0 unspecified atom stereocenters. The van der Waals surface area contributed by atoms with E-state index >= 15 is 0 Å². The topological polar surface area (TPSA) is 57.7 Å². The van der Waals surface area contributed by atoms with Crippen LogP contribution in [0.25, 0.3) is 0 Å². The van der Waals surface area contributed by atoms with Crippen LogP contribution in [0.4, 0.5) is 11.5 Å². The Balaban J connectivity index is 1.23. The standard InChI is InChI=1S/C24H30Cl2N4O2/c1-24(2,32-21-10-8-17-7-9-20(31)27-23(17)28-21)11-4-12-29-13-15-30(16-14-29)19-6-3-5-18(25)22(19)26/h3,5-6,8,10H,4,7,9,11-16H2,1-2H3,(H,27,28,31). The summed E-state index contributed by atoms with van der Waals surface area (Å²) in [4.78, 5) is 20.9. The highest BCUT2D eigenvalue weighted by Crippen LogP contribution is 2.33. The third-order valence-corrected chi connectivity index (χ3v) is 6.92. The van der Waals surface area contributed by atoms with Gasteiger partial charge in [-0.2, -0.15) is 4.98 Å². The minimum Gasteiger partial charge on any atom is -0.472 e. The second-order valence-corrected chi connectivity index (χ2v) is 9.86. The molecule has 1 aromatic heterocycles. The molecular weight excluding hydrogens is 447 g/mol. The van der Waals surface area contributed by atoms with Crippen LogP contribution in [-0.2, 0) is 11.2 Å². The van der Waals surface area contributed by atoms with Gasteiger partial charge in [-0.3, -0.25) is 9.69 Å². The lowest BCUT2D eigenvalue weighted by Gasteiger charge is -2.37. The van der Waals surface area contributed by atoms with Gasteiger partial charge in [-0.05, 0) is 63.4 Å². The first-order chi connectivity index (χ1) is 15.3. The number of rotatable bonds is 7. The summed E-state index contributed by atoms with van der Waals surface area (Å²) in [6, 6.07) is 9.70. The molecule has 0 radical (unpaired) electrons. The van der Waals surface area contributed by atoms with E-state index in [1.54, 1.807) is 0 Å². The molecular formula is C24H30Cl2N4O2. The van der Waals surface area contributed by atoms with E-state index < -0.39 is 0 Å². The predicted molar refractivity (Wildman–Crippen MR) is 130 cm³/mol. The summed E-state index contributed by atoms with van der Waals surface area (Å²) in [5, 5.41) is 4.08. The third-order valence-electron chi connectivity index (χ3n) is 6.11. The van der Waals surface area contributed by atoms with Gasteiger partial charge in [0.1, 0.15) is 11.4 Å². The largest absolute Gasteiger partial charge is 0.472 e. The Morgan fingerprint density at radius 1 is 1.09 bits per heavy atom. The van der Waals surface area contributed by atoms with Crippen molar-refractivity contribution in [2.75, 3.05) is 42.9 Å². The lowest BCUT2D eigenvalue weighted by Crippen LogP contribution is -2.47. The molecule has 1 fully saturated rings. The number of carbonyl (C=O) groups excluding carboxylic acids is 1. The highest BCUT2D eigenvalue weighted by atomic mass is 35.5. The first-order valence-corrected chi connectivity index (χ1v) is 12.0. The maximum atomic E-state index is 11.6.